The van der Waals surface area contributed by atoms with Gasteiger partial charge in [0.1, 0.15) is 5.82 Å². The Hall–Kier alpha value is -1.19. The lowest BCUT2D eigenvalue weighted by Crippen LogP contribution is -2.11. The van der Waals surface area contributed by atoms with E-state index in [2.05, 4.69) is 24.4 Å². The first-order chi connectivity index (χ1) is 7.74. The van der Waals surface area contributed by atoms with E-state index in [1.54, 1.807) is 11.3 Å². The molecule has 0 atom stereocenters. The van der Waals surface area contributed by atoms with E-state index >= 15 is 0 Å². The third-order valence-corrected chi connectivity index (χ3v) is 3.34. The standard InChI is InChI=1S/C13H14FNS/c1-10-2-7-13(16-10)9-15-8-11-3-5-12(14)6-4-11/h2-7,15H,8-9H2,1H3. The summed E-state index contributed by atoms with van der Waals surface area (Å²) in [4.78, 5) is 2.66. The highest BCUT2D eigenvalue weighted by atomic mass is 32.1. The molecule has 16 heavy (non-hydrogen) atoms. The summed E-state index contributed by atoms with van der Waals surface area (Å²) in [6.45, 7) is 3.75. The van der Waals surface area contributed by atoms with Gasteiger partial charge in [-0.2, -0.15) is 0 Å². The molecule has 1 aromatic heterocycles. The van der Waals surface area contributed by atoms with Crippen molar-refractivity contribution in [3.8, 4) is 0 Å². The van der Waals surface area contributed by atoms with E-state index in [1.165, 1.54) is 21.9 Å². The van der Waals surface area contributed by atoms with E-state index in [0.29, 0.717) is 0 Å². The van der Waals surface area contributed by atoms with Crippen LogP contribution in [-0.2, 0) is 13.1 Å². The lowest BCUT2D eigenvalue weighted by atomic mass is 10.2. The highest BCUT2D eigenvalue weighted by Gasteiger charge is 1.97. The maximum atomic E-state index is 12.7. The summed E-state index contributed by atoms with van der Waals surface area (Å²) in [6, 6.07) is 10.9. The molecule has 0 radical (unpaired) electrons. The Balaban J connectivity index is 1.82. The van der Waals surface area contributed by atoms with Crippen molar-refractivity contribution in [1.82, 2.24) is 5.32 Å². The summed E-state index contributed by atoms with van der Waals surface area (Å²) in [5.74, 6) is -0.183. The third-order valence-electron chi connectivity index (χ3n) is 2.34. The van der Waals surface area contributed by atoms with E-state index in [1.807, 2.05) is 12.1 Å². The van der Waals surface area contributed by atoms with Gasteiger partial charge in [-0.15, -0.1) is 11.3 Å². The molecule has 0 aliphatic rings. The Kier molecular flexibility index (Phi) is 3.70. The Morgan fingerprint density at radius 1 is 1.06 bits per heavy atom. The van der Waals surface area contributed by atoms with Gasteiger partial charge < -0.3 is 5.32 Å². The van der Waals surface area contributed by atoms with Crippen molar-refractivity contribution in [2.75, 3.05) is 0 Å². The number of aryl methyl sites for hydroxylation is 1. The van der Waals surface area contributed by atoms with Gasteiger partial charge in [-0.3, -0.25) is 0 Å². The van der Waals surface area contributed by atoms with Crippen LogP contribution in [0.3, 0.4) is 0 Å². The van der Waals surface area contributed by atoms with Gasteiger partial charge in [0.2, 0.25) is 0 Å². The van der Waals surface area contributed by atoms with Crippen molar-refractivity contribution in [3.05, 3.63) is 57.5 Å². The van der Waals surface area contributed by atoms with E-state index in [0.717, 1.165) is 18.7 Å². The van der Waals surface area contributed by atoms with E-state index in [9.17, 15) is 4.39 Å². The second-order valence-electron chi connectivity index (χ2n) is 3.74. The Labute approximate surface area is 98.9 Å². The smallest absolute Gasteiger partial charge is 0.123 e. The quantitative estimate of drug-likeness (QED) is 0.855. The van der Waals surface area contributed by atoms with Crippen LogP contribution in [0, 0.1) is 12.7 Å². The maximum absolute atomic E-state index is 12.7. The molecular formula is C13H14FNS. The fourth-order valence-corrected chi connectivity index (χ4v) is 2.37. The number of rotatable bonds is 4. The van der Waals surface area contributed by atoms with Crippen molar-refractivity contribution in [2.24, 2.45) is 0 Å². The molecule has 0 spiro atoms. The molecule has 2 rings (SSSR count). The molecule has 1 nitrogen and oxygen atoms in total. The van der Waals surface area contributed by atoms with Crippen LogP contribution in [0.1, 0.15) is 15.3 Å². The first kappa shape index (κ1) is 11.3. The van der Waals surface area contributed by atoms with Crippen molar-refractivity contribution in [1.29, 1.82) is 0 Å². The third kappa shape index (κ3) is 3.15. The molecule has 3 heteroatoms. The molecule has 0 saturated carbocycles. The van der Waals surface area contributed by atoms with Gasteiger partial charge >= 0.3 is 0 Å². The fourth-order valence-electron chi connectivity index (χ4n) is 1.51. The molecule has 1 aromatic carbocycles. The number of nitrogens with one attached hydrogen (secondary N) is 1. The van der Waals surface area contributed by atoms with Crippen LogP contribution >= 0.6 is 11.3 Å². The molecule has 0 unspecified atom stereocenters. The highest BCUT2D eigenvalue weighted by molar-refractivity contribution is 7.11. The van der Waals surface area contributed by atoms with Gasteiger partial charge in [0, 0.05) is 22.8 Å². The van der Waals surface area contributed by atoms with E-state index < -0.39 is 0 Å². The molecule has 0 bridgehead atoms. The van der Waals surface area contributed by atoms with Crippen LogP contribution in [-0.4, -0.2) is 0 Å². The van der Waals surface area contributed by atoms with Crippen LogP contribution in [0.5, 0.6) is 0 Å². The average molecular weight is 235 g/mol. The Morgan fingerprint density at radius 2 is 1.81 bits per heavy atom. The zero-order chi connectivity index (χ0) is 11.4. The van der Waals surface area contributed by atoms with Crippen LogP contribution in [0.25, 0.3) is 0 Å². The van der Waals surface area contributed by atoms with E-state index in [-0.39, 0.29) is 5.82 Å². The fraction of sp³-hybridized carbons (Fsp3) is 0.231. The largest absolute Gasteiger partial charge is 0.308 e. The zero-order valence-corrected chi connectivity index (χ0v) is 9.98. The van der Waals surface area contributed by atoms with Gasteiger partial charge in [0.05, 0.1) is 0 Å². The second kappa shape index (κ2) is 5.23. The summed E-state index contributed by atoms with van der Waals surface area (Å²) in [7, 11) is 0. The SMILES string of the molecule is Cc1ccc(CNCc2ccc(F)cc2)s1. The van der Waals surface area contributed by atoms with Gasteiger partial charge in [-0.25, -0.2) is 4.39 Å². The molecule has 0 aliphatic carbocycles. The summed E-state index contributed by atoms with van der Waals surface area (Å²) >= 11 is 1.80. The molecule has 1 heterocycles. The first-order valence-corrected chi connectivity index (χ1v) is 6.06. The van der Waals surface area contributed by atoms with Crippen LogP contribution < -0.4 is 5.32 Å². The second-order valence-corrected chi connectivity index (χ2v) is 5.11. The lowest BCUT2D eigenvalue weighted by molar-refractivity contribution is 0.625. The molecule has 0 fully saturated rings. The summed E-state index contributed by atoms with van der Waals surface area (Å²) < 4.78 is 12.7. The minimum atomic E-state index is -0.183. The molecule has 1 N–H and O–H groups in total. The van der Waals surface area contributed by atoms with Gasteiger partial charge in [0.25, 0.3) is 0 Å². The van der Waals surface area contributed by atoms with Gasteiger partial charge in [-0.1, -0.05) is 12.1 Å². The molecule has 84 valence electrons. The topological polar surface area (TPSA) is 12.0 Å². The summed E-state index contributed by atoms with van der Waals surface area (Å²) in [5.41, 5.74) is 1.11. The number of thiophene rings is 1. The zero-order valence-electron chi connectivity index (χ0n) is 9.16. The van der Waals surface area contributed by atoms with Crippen LogP contribution in [0.15, 0.2) is 36.4 Å². The predicted octanol–water partition coefficient (Wildman–Crippen LogP) is 3.49. The molecule has 0 saturated heterocycles. The van der Waals surface area contributed by atoms with Crippen molar-refractivity contribution in [3.63, 3.8) is 0 Å². The Morgan fingerprint density at radius 3 is 2.44 bits per heavy atom. The minimum absolute atomic E-state index is 0.183. The molecule has 0 amide bonds. The van der Waals surface area contributed by atoms with Crippen LogP contribution in [0.2, 0.25) is 0 Å². The van der Waals surface area contributed by atoms with Crippen molar-refractivity contribution >= 4 is 11.3 Å². The normalized spacial score (nSPS) is 10.6. The Bertz CT molecular complexity index is 447. The lowest BCUT2D eigenvalue weighted by Gasteiger charge is -2.03. The van der Waals surface area contributed by atoms with Gasteiger partial charge in [0.15, 0.2) is 0 Å². The summed E-state index contributed by atoms with van der Waals surface area (Å²) in [6.07, 6.45) is 0. The minimum Gasteiger partial charge on any atom is -0.308 e. The number of hydrogen-bond donors (Lipinski definition) is 1. The first-order valence-electron chi connectivity index (χ1n) is 5.24. The average Bonchev–Trinajstić information content (AvgIpc) is 2.67. The summed E-state index contributed by atoms with van der Waals surface area (Å²) in [5, 5.41) is 3.34. The maximum Gasteiger partial charge on any atom is 0.123 e. The molecular weight excluding hydrogens is 221 g/mol. The van der Waals surface area contributed by atoms with E-state index in [4.69, 9.17) is 0 Å². The predicted molar refractivity (Wildman–Crippen MR) is 66.0 cm³/mol. The van der Waals surface area contributed by atoms with Gasteiger partial charge in [-0.05, 0) is 36.8 Å². The molecule has 2 aromatic rings. The van der Waals surface area contributed by atoms with Crippen molar-refractivity contribution in [2.45, 2.75) is 20.0 Å². The number of hydrogen-bond acceptors (Lipinski definition) is 2. The highest BCUT2D eigenvalue weighted by Crippen LogP contribution is 2.14. The van der Waals surface area contributed by atoms with Crippen LogP contribution in [0.4, 0.5) is 4.39 Å². The number of halogens is 1. The monoisotopic (exact) mass is 235 g/mol. The molecule has 0 aliphatic heterocycles. The number of benzene rings is 1. The van der Waals surface area contributed by atoms with Crippen molar-refractivity contribution < 1.29 is 4.39 Å².